The summed E-state index contributed by atoms with van der Waals surface area (Å²) in [4.78, 5) is 0. The maximum atomic E-state index is 11.0. The van der Waals surface area contributed by atoms with Crippen LogP contribution in [0.4, 0.5) is 0 Å². The fourth-order valence-electron chi connectivity index (χ4n) is 3.86. The third kappa shape index (κ3) is 7.95. The summed E-state index contributed by atoms with van der Waals surface area (Å²) >= 11 is 0. The summed E-state index contributed by atoms with van der Waals surface area (Å²) in [7, 11) is 0. The van der Waals surface area contributed by atoms with Crippen LogP contribution < -0.4 is 0 Å². The van der Waals surface area contributed by atoms with Gasteiger partial charge in [-0.05, 0) is 11.1 Å². The SMILES string of the molecule is O/C=C(\O)[C@@H](O)[C@H](O[C@@H]1O[C@H](COCc2ccccc2)[C@H](O)[C@H](OCc2ccccc2)[C@H]1O)[C@H](O)CO. The van der Waals surface area contributed by atoms with Gasteiger partial charge in [0.15, 0.2) is 12.0 Å². The molecule has 11 heteroatoms. The topological polar surface area (TPSA) is 179 Å². The van der Waals surface area contributed by atoms with E-state index >= 15 is 0 Å². The number of ether oxygens (including phenoxy) is 4. The fourth-order valence-corrected chi connectivity index (χ4v) is 3.86. The number of benzene rings is 2. The van der Waals surface area contributed by atoms with Crippen LogP contribution in [0, 0.1) is 0 Å². The first-order valence-corrected chi connectivity index (χ1v) is 11.8. The Morgan fingerprint density at radius 3 is 2.08 bits per heavy atom. The lowest BCUT2D eigenvalue weighted by atomic mass is 9.98. The standard InChI is InChI=1S/C26H34O11/c27-11-18(29)21(31)24(19(30)12-28)37-26-23(33)25(35-14-17-9-5-2-6-10-17)22(32)20(36-26)15-34-13-16-7-3-1-4-8-16/h1-11,19-33H,12-15H2/b18-11-/t19-,20-,21-,22+,23-,24-,25+,26+/m1/s1. The van der Waals surface area contributed by atoms with Crippen LogP contribution >= 0.6 is 0 Å². The average molecular weight is 523 g/mol. The molecule has 0 radical (unpaired) electrons. The predicted octanol–water partition coefficient (Wildman–Crippen LogP) is 0.292. The lowest BCUT2D eigenvalue weighted by Crippen LogP contribution is -2.62. The predicted molar refractivity (Wildman–Crippen MR) is 129 cm³/mol. The highest BCUT2D eigenvalue weighted by Gasteiger charge is 2.48. The summed E-state index contributed by atoms with van der Waals surface area (Å²) in [5.74, 6) is -0.942. The number of rotatable bonds is 13. The van der Waals surface area contributed by atoms with Gasteiger partial charge in [0.05, 0.1) is 26.4 Å². The Hall–Kier alpha value is -2.58. The molecule has 204 valence electrons. The van der Waals surface area contributed by atoms with Crippen LogP contribution in [-0.4, -0.2) is 98.0 Å². The van der Waals surface area contributed by atoms with Gasteiger partial charge in [0.2, 0.25) is 0 Å². The van der Waals surface area contributed by atoms with Crippen LogP contribution in [-0.2, 0) is 32.2 Å². The van der Waals surface area contributed by atoms with E-state index < -0.39 is 61.4 Å². The Balaban J connectivity index is 1.77. The molecule has 0 spiro atoms. The molecule has 37 heavy (non-hydrogen) atoms. The van der Waals surface area contributed by atoms with Crippen LogP contribution in [0.15, 0.2) is 72.7 Å². The Labute approximate surface area is 214 Å². The molecular formula is C26H34O11. The van der Waals surface area contributed by atoms with Crippen LogP contribution in [0.2, 0.25) is 0 Å². The third-order valence-electron chi connectivity index (χ3n) is 5.92. The van der Waals surface area contributed by atoms with Crippen molar-refractivity contribution in [3.8, 4) is 0 Å². The van der Waals surface area contributed by atoms with Crippen molar-refractivity contribution in [2.24, 2.45) is 0 Å². The smallest absolute Gasteiger partial charge is 0.187 e. The first kappa shape index (κ1) is 29.0. The largest absolute Gasteiger partial charge is 0.512 e. The summed E-state index contributed by atoms with van der Waals surface area (Å²) in [6.45, 7) is -0.727. The fraction of sp³-hybridized carbons (Fsp3) is 0.462. The van der Waals surface area contributed by atoms with Gasteiger partial charge in [0, 0.05) is 0 Å². The average Bonchev–Trinajstić information content (AvgIpc) is 2.93. The minimum Gasteiger partial charge on any atom is -0.512 e. The summed E-state index contributed by atoms with van der Waals surface area (Å²) in [6, 6.07) is 18.4. The molecule has 0 aromatic heterocycles. The van der Waals surface area contributed by atoms with Crippen molar-refractivity contribution < 1.29 is 54.7 Å². The van der Waals surface area contributed by atoms with E-state index in [4.69, 9.17) is 24.1 Å². The van der Waals surface area contributed by atoms with Gasteiger partial charge in [-0.3, -0.25) is 0 Å². The highest BCUT2D eigenvalue weighted by molar-refractivity contribution is 5.14. The molecular weight excluding hydrogens is 488 g/mol. The summed E-state index contributed by atoms with van der Waals surface area (Å²) in [6.07, 6.45) is -12.0. The van der Waals surface area contributed by atoms with Gasteiger partial charge in [-0.1, -0.05) is 60.7 Å². The maximum absolute atomic E-state index is 11.0. The van der Waals surface area contributed by atoms with E-state index in [0.717, 1.165) is 11.1 Å². The molecule has 2 aromatic rings. The minimum absolute atomic E-state index is 0.0449. The van der Waals surface area contributed by atoms with E-state index in [1.165, 1.54) is 0 Å². The molecule has 0 unspecified atom stereocenters. The number of hydrogen-bond acceptors (Lipinski definition) is 11. The quantitative estimate of drug-likeness (QED) is 0.180. The lowest BCUT2D eigenvalue weighted by Gasteiger charge is -2.43. The normalized spacial score (nSPS) is 26.9. The molecule has 3 rings (SSSR count). The molecule has 0 aliphatic carbocycles. The first-order chi connectivity index (χ1) is 17.8. The molecule has 2 aromatic carbocycles. The van der Waals surface area contributed by atoms with Crippen molar-refractivity contribution >= 4 is 0 Å². The second-order valence-electron chi connectivity index (χ2n) is 8.64. The van der Waals surface area contributed by atoms with Gasteiger partial charge >= 0.3 is 0 Å². The molecule has 11 nitrogen and oxygen atoms in total. The zero-order valence-electron chi connectivity index (χ0n) is 20.1. The van der Waals surface area contributed by atoms with E-state index in [9.17, 15) is 30.6 Å². The van der Waals surface area contributed by atoms with Crippen molar-refractivity contribution in [2.75, 3.05) is 13.2 Å². The molecule has 1 fully saturated rings. The molecule has 8 atom stereocenters. The molecule has 1 aliphatic heterocycles. The van der Waals surface area contributed by atoms with Gasteiger partial charge in [0.25, 0.3) is 0 Å². The Morgan fingerprint density at radius 1 is 0.919 bits per heavy atom. The van der Waals surface area contributed by atoms with E-state index in [-0.39, 0.29) is 26.1 Å². The van der Waals surface area contributed by atoms with Crippen molar-refractivity contribution in [3.05, 3.63) is 83.8 Å². The van der Waals surface area contributed by atoms with Crippen molar-refractivity contribution in [1.82, 2.24) is 0 Å². The maximum Gasteiger partial charge on any atom is 0.187 e. The second kappa shape index (κ2) is 14.4. The van der Waals surface area contributed by atoms with E-state index in [1.54, 1.807) is 12.1 Å². The van der Waals surface area contributed by atoms with E-state index in [0.29, 0.717) is 0 Å². The molecule has 7 N–H and O–H groups in total. The molecule has 1 saturated heterocycles. The van der Waals surface area contributed by atoms with Gasteiger partial charge in [-0.15, -0.1) is 0 Å². The highest BCUT2D eigenvalue weighted by atomic mass is 16.7. The van der Waals surface area contributed by atoms with Crippen LogP contribution in [0.25, 0.3) is 0 Å². The van der Waals surface area contributed by atoms with Crippen molar-refractivity contribution in [3.63, 3.8) is 0 Å². The summed E-state index contributed by atoms with van der Waals surface area (Å²) in [5.41, 5.74) is 1.67. The van der Waals surface area contributed by atoms with Crippen LogP contribution in [0.5, 0.6) is 0 Å². The molecule has 0 bridgehead atoms. The molecule has 0 saturated carbocycles. The highest BCUT2D eigenvalue weighted by Crippen LogP contribution is 2.28. The van der Waals surface area contributed by atoms with Gasteiger partial charge in [-0.25, -0.2) is 0 Å². The minimum atomic E-state index is -1.97. The van der Waals surface area contributed by atoms with Crippen molar-refractivity contribution in [1.29, 1.82) is 0 Å². The summed E-state index contributed by atoms with van der Waals surface area (Å²) in [5, 5.41) is 70.5. The first-order valence-electron chi connectivity index (χ1n) is 11.8. The number of hydrogen-bond donors (Lipinski definition) is 7. The lowest BCUT2D eigenvalue weighted by molar-refractivity contribution is -0.331. The molecule has 1 aliphatic rings. The molecule has 0 amide bonds. The van der Waals surface area contributed by atoms with Gasteiger partial charge < -0.3 is 54.7 Å². The van der Waals surface area contributed by atoms with E-state index in [2.05, 4.69) is 0 Å². The number of aliphatic hydroxyl groups is 7. The Kier molecular flexibility index (Phi) is 11.3. The summed E-state index contributed by atoms with van der Waals surface area (Å²) < 4.78 is 22.8. The monoisotopic (exact) mass is 522 g/mol. The van der Waals surface area contributed by atoms with Gasteiger partial charge in [-0.2, -0.15) is 0 Å². The zero-order valence-corrected chi connectivity index (χ0v) is 20.1. The van der Waals surface area contributed by atoms with E-state index in [1.807, 2.05) is 48.5 Å². The second-order valence-corrected chi connectivity index (χ2v) is 8.64. The van der Waals surface area contributed by atoms with Gasteiger partial charge in [0.1, 0.15) is 49.0 Å². The van der Waals surface area contributed by atoms with Crippen molar-refractivity contribution in [2.45, 2.75) is 62.2 Å². The van der Waals surface area contributed by atoms with Crippen LogP contribution in [0.3, 0.4) is 0 Å². The molecule has 1 heterocycles. The Bertz CT molecular complexity index is 942. The third-order valence-corrected chi connectivity index (χ3v) is 5.92. The zero-order chi connectivity index (χ0) is 26.8. The number of aliphatic hydroxyl groups excluding tert-OH is 7. The van der Waals surface area contributed by atoms with Crippen LogP contribution in [0.1, 0.15) is 11.1 Å². The Morgan fingerprint density at radius 2 is 1.51 bits per heavy atom.